The average molecular weight is 359 g/mol. The van der Waals surface area contributed by atoms with E-state index in [1.54, 1.807) is 6.07 Å². The van der Waals surface area contributed by atoms with Crippen molar-refractivity contribution in [2.75, 3.05) is 6.61 Å². The quantitative estimate of drug-likeness (QED) is 0.654. The first-order valence-corrected chi connectivity index (χ1v) is 8.47. The molecule has 0 aliphatic carbocycles. The summed E-state index contributed by atoms with van der Waals surface area (Å²) in [6.45, 7) is 2.58. The first-order valence-electron chi connectivity index (χ1n) is 8.09. The van der Waals surface area contributed by atoms with Crippen molar-refractivity contribution in [1.82, 2.24) is 10.1 Å². The molecular weight excluding hydrogens is 343 g/mol. The van der Waals surface area contributed by atoms with Gasteiger partial charge in [-0.15, -0.1) is 0 Å². The lowest BCUT2D eigenvalue weighted by Gasteiger charge is -2.16. The van der Waals surface area contributed by atoms with Crippen LogP contribution in [0.25, 0.3) is 11.4 Å². The summed E-state index contributed by atoms with van der Waals surface area (Å²) in [5, 5.41) is 4.18. The van der Waals surface area contributed by atoms with Crippen molar-refractivity contribution in [2.45, 2.75) is 25.4 Å². The first-order chi connectivity index (χ1) is 12.1. The van der Waals surface area contributed by atoms with E-state index in [9.17, 15) is 4.39 Å². The normalized spacial score (nSPS) is 20.1. The highest BCUT2D eigenvalue weighted by molar-refractivity contribution is 6.30. The summed E-state index contributed by atoms with van der Waals surface area (Å²) in [6, 6.07) is 12.6. The zero-order chi connectivity index (χ0) is 17.4. The molecular formula is C19H16ClFN2O2. The first kappa shape index (κ1) is 16.2. The fraction of sp³-hybridized carbons (Fsp3) is 0.263. The van der Waals surface area contributed by atoms with Crippen molar-refractivity contribution in [1.29, 1.82) is 0 Å². The Bertz CT molecular complexity index is 895. The van der Waals surface area contributed by atoms with Gasteiger partial charge in [0.25, 0.3) is 0 Å². The molecule has 1 aliphatic rings. The molecule has 2 unspecified atom stereocenters. The monoisotopic (exact) mass is 358 g/mol. The van der Waals surface area contributed by atoms with E-state index in [2.05, 4.69) is 10.1 Å². The molecule has 0 spiro atoms. The molecule has 6 heteroatoms. The molecule has 1 fully saturated rings. The molecule has 0 bridgehead atoms. The molecule has 128 valence electrons. The van der Waals surface area contributed by atoms with Gasteiger partial charge in [-0.2, -0.15) is 4.98 Å². The fourth-order valence-corrected chi connectivity index (χ4v) is 3.18. The van der Waals surface area contributed by atoms with Gasteiger partial charge in [-0.1, -0.05) is 52.7 Å². The minimum absolute atomic E-state index is 0.0951. The van der Waals surface area contributed by atoms with Gasteiger partial charge in [0, 0.05) is 12.2 Å². The number of aromatic nitrogens is 2. The van der Waals surface area contributed by atoms with E-state index in [4.69, 9.17) is 20.9 Å². The largest absolute Gasteiger partial charge is 0.373 e. The highest BCUT2D eigenvalue weighted by atomic mass is 35.5. The number of hydrogen-bond acceptors (Lipinski definition) is 4. The van der Waals surface area contributed by atoms with Crippen molar-refractivity contribution in [3.05, 3.63) is 70.3 Å². The molecule has 1 aromatic heterocycles. The van der Waals surface area contributed by atoms with Crippen molar-refractivity contribution in [3.63, 3.8) is 0 Å². The minimum Gasteiger partial charge on any atom is -0.373 e. The summed E-state index contributed by atoms with van der Waals surface area (Å²) < 4.78 is 25.1. The Labute approximate surface area is 149 Å². The van der Waals surface area contributed by atoms with Crippen LogP contribution >= 0.6 is 11.6 Å². The molecule has 1 aliphatic heterocycles. The van der Waals surface area contributed by atoms with Crippen molar-refractivity contribution in [3.8, 4) is 11.4 Å². The number of nitrogens with zero attached hydrogens (tertiary/aromatic N) is 2. The van der Waals surface area contributed by atoms with Gasteiger partial charge >= 0.3 is 0 Å². The van der Waals surface area contributed by atoms with Crippen LogP contribution in [0.3, 0.4) is 0 Å². The van der Waals surface area contributed by atoms with Crippen LogP contribution in [-0.2, 0) is 4.74 Å². The standard InChI is InChI=1S/C19H16ClFN2O2/c1-11-2-4-12(5-3-11)18-22-19(25-23-18)14-8-9-24-17(14)13-6-7-15(20)16(21)10-13/h2-7,10,14,17H,8-9H2,1H3. The molecule has 4 rings (SSSR count). The maximum absolute atomic E-state index is 13.8. The van der Waals surface area contributed by atoms with Crippen LogP contribution in [0.5, 0.6) is 0 Å². The lowest BCUT2D eigenvalue weighted by Crippen LogP contribution is -2.07. The zero-order valence-corrected chi connectivity index (χ0v) is 14.3. The maximum Gasteiger partial charge on any atom is 0.233 e. The van der Waals surface area contributed by atoms with Gasteiger partial charge in [-0.3, -0.25) is 0 Å². The predicted octanol–water partition coefficient (Wildman–Crippen LogP) is 5.08. The summed E-state index contributed by atoms with van der Waals surface area (Å²) >= 11 is 5.77. The van der Waals surface area contributed by atoms with E-state index in [-0.39, 0.29) is 17.0 Å². The Balaban J connectivity index is 1.62. The van der Waals surface area contributed by atoms with Gasteiger partial charge in [0.05, 0.1) is 17.0 Å². The van der Waals surface area contributed by atoms with E-state index >= 15 is 0 Å². The van der Waals surface area contributed by atoms with Crippen LogP contribution in [0.15, 0.2) is 47.0 Å². The van der Waals surface area contributed by atoms with E-state index in [1.807, 2.05) is 31.2 Å². The molecule has 0 N–H and O–H groups in total. The number of rotatable bonds is 3. The highest BCUT2D eigenvalue weighted by Crippen LogP contribution is 2.42. The topological polar surface area (TPSA) is 48.2 Å². The smallest absolute Gasteiger partial charge is 0.233 e. The van der Waals surface area contributed by atoms with E-state index in [0.717, 1.165) is 17.5 Å². The molecule has 0 amide bonds. The molecule has 25 heavy (non-hydrogen) atoms. The molecule has 2 atom stereocenters. The highest BCUT2D eigenvalue weighted by Gasteiger charge is 2.35. The van der Waals surface area contributed by atoms with Gasteiger partial charge in [0.15, 0.2) is 0 Å². The molecule has 0 radical (unpaired) electrons. The zero-order valence-electron chi connectivity index (χ0n) is 13.6. The molecule has 2 aromatic carbocycles. The third kappa shape index (κ3) is 3.17. The Morgan fingerprint density at radius 3 is 2.72 bits per heavy atom. The average Bonchev–Trinajstić information content (AvgIpc) is 3.27. The third-order valence-electron chi connectivity index (χ3n) is 4.43. The summed E-state index contributed by atoms with van der Waals surface area (Å²) in [5.41, 5.74) is 2.79. The molecule has 1 saturated heterocycles. The minimum atomic E-state index is -0.459. The number of benzene rings is 2. The fourth-order valence-electron chi connectivity index (χ4n) is 3.07. The molecule has 0 saturated carbocycles. The van der Waals surface area contributed by atoms with E-state index in [1.165, 1.54) is 17.7 Å². The van der Waals surface area contributed by atoms with Gasteiger partial charge in [0.2, 0.25) is 11.7 Å². The van der Waals surface area contributed by atoms with Crippen molar-refractivity contribution < 1.29 is 13.7 Å². The Morgan fingerprint density at radius 1 is 1.16 bits per heavy atom. The van der Waals surface area contributed by atoms with Gasteiger partial charge in [-0.25, -0.2) is 4.39 Å². The summed E-state index contributed by atoms with van der Waals surface area (Å²) in [7, 11) is 0. The molecule has 3 aromatic rings. The summed E-state index contributed by atoms with van der Waals surface area (Å²) in [4.78, 5) is 4.53. The molecule has 4 nitrogen and oxygen atoms in total. The number of ether oxygens (including phenoxy) is 1. The van der Waals surface area contributed by atoms with Crippen LogP contribution in [0.1, 0.15) is 35.5 Å². The lowest BCUT2D eigenvalue weighted by atomic mass is 9.95. The second-order valence-electron chi connectivity index (χ2n) is 6.18. The van der Waals surface area contributed by atoms with Crippen LogP contribution in [0.2, 0.25) is 5.02 Å². The van der Waals surface area contributed by atoms with Gasteiger partial charge in [-0.05, 0) is 31.0 Å². The van der Waals surface area contributed by atoms with Crippen LogP contribution in [0, 0.1) is 12.7 Å². The number of hydrogen-bond donors (Lipinski definition) is 0. The van der Waals surface area contributed by atoms with Gasteiger partial charge in [0.1, 0.15) is 5.82 Å². The maximum atomic E-state index is 13.8. The molecule has 2 heterocycles. The Hall–Kier alpha value is -2.24. The third-order valence-corrected chi connectivity index (χ3v) is 4.74. The summed E-state index contributed by atoms with van der Waals surface area (Å²) in [5.74, 6) is 0.489. The predicted molar refractivity (Wildman–Crippen MR) is 91.9 cm³/mol. The number of halogens is 2. The van der Waals surface area contributed by atoms with Crippen LogP contribution in [0.4, 0.5) is 4.39 Å². The second-order valence-corrected chi connectivity index (χ2v) is 6.59. The number of aryl methyl sites for hydroxylation is 1. The van der Waals surface area contributed by atoms with Crippen molar-refractivity contribution in [2.24, 2.45) is 0 Å². The SMILES string of the molecule is Cc1ccc(-c2noc(C3CCOC3c3ccc(Cl)c(F)c3)n2)cc1. The van der Waals surface area contributed by atoms with E-state index in [0.29, 0.717) is 18.3 Å². The summed E-state index contributed by atoms with van der Waals surface area (Å²) in [6.07, 6.45) is 0.419. The van der Waals surface area contributed by atoms with Gasteiger partial charge < -0.3 is 9.26 Å². The van der Waals surface area contributed by atoms with Crippen LogP contribution in [-0.4, -0.2) is 16.7 Å². The van der Waals surface area contributed by atoms with E-state index < -0.39 is 5.82 Å². The lowest BCUT2D eigenvalue weighted by molar-refractivity contribution is 0.0984. The Kier molecular flexibility index (Phi) is 4.27. The second kappa shape index (κ2) is 6.58. The van der Waals surface area contributed by atoms with Crippen molar-refractivity contribution >= 4 is 11.6 Å². The Morgan fingerprint density at radius 2 is 1.96 bits per heavy atom. The van der Waals surface area contributed by atoms with Crippen LogP contribution < -0.4 is 0 Å².